The van der Waals surface area contributed by atoms with E-state index in [-0.39, 0.29) is 24.8 Å². The predicted molar refractivity (Wildman–Crippen MR) is 115 cm³/mol. The van der Waals surface area contributed by atoms with E-state index in [4.69, 9.17) is 5.11 Å². The number of benzene rings is 1. The standard InChI is InChI=1S/C23H23F3N4O2/c1-14(2)15-4-3-5-16(10-15)21-17(6-9-20(30-21)23(24,25)26)11-28-22(32)29-18-7-8-19(13-31)27-12-18/h3-10,12,14,31H,11,13H2,1-2H3,(H2,28,29,32). The number of aliphatic hydroxyl groups excluding tert-OH is 1. The molecule has 9 heteroatoms. The van der Waals surface area contributed by atoms with E-state index in [1.165, 1.54) is 12.3 Å². The van der Waals surface area contributed by atoms with E-state index in [2.05, 4.69) is 20.6 Å². The van der Waals surface area contributed by atoms with Gasteiger partial charge >= 0.3 is 12.2 Å². The van der Waals surface area contributed by atoms with Gasteiger partial charge in [-0.15, -0.1) is 0 Å². The van der Waals surface area contributed by atoms with Gasteiger partial charge in [-0.05, 0) is 41.3 Å². The van der Waals surface area contributed by atoms with Crippen LogP contribution in [-0.2, 0) is 19.3 Å². The van der Waals surface area contributed by atoms with Gasteiger partial charge in [0, 0.05) is 12.1 Å². The van der Waals surface area contributed by atoms with Crippen molar-refractivity contribution in [2.75, 3.05) is 5.32 Å². The highest BCUT2D eigenvalue weighted by atomic mass is 19.4. The highest BCUT2D eigenvalue weighted by molar-refractivity contribution is 5.89. The highest BCUT2D eigenvalue weighted by Gasteiger charge is 2.33. The minimum atomic E-state index is -4.58. The van der Waals surface area contributed by atoms with Gasteiger partial charge in [-0.25, -0.2) is 9.78 Å². The van der Waals surface area contributed by atoms with Crippen molar-refractivity contribution in [3.05, 3.63) is 77.2 Å². The molecule has 0 saturated heterocycles. The Bertz CT molecular complexity index is 1080. The van der Waals surface area contributed by atoms with E-state index in [1.807, 2.05) is 26.0 Å². The third kappa shape index (κ3) is 5.82. The van der Waals surface area contributed by atoms with Crippen molar-refractivity contribution in [2.24, 2.45) is 0 Å². The molecule has 0 aliphatic heterocycles. The van der Waals surface area contributed by atoms with Crippen molar-refractivity contribution in [3.8, 4) is 11.3 Å². The molecule has 6 nitrogen and oxygen atoms in total. The lowest BCUT2D eigenvalue weighted by Crippen LogP contribution is -2.28. The average Bonchev–Trinajstić information content (AvgIpc) is 2.77. The molecular formula is C23H23F3N4O2. The van der Waals surface area contributed by atoms with E-state index < -0.39 is 17.9 Å². The summed E-state index contributed by atoms with van der Waals surface area (Å²) in [5.74, 6) is 0.193. The van der Waals surface area contributed by atoms with E-state index in [9.17, 15) is 18.0 Å². The van der Waals surface area contributed by atoms with Crippen LogP contribution in [0.15, 0.2) is 54.7 Å². The molecule has 0 aliphatic carbocycles. The van der Waals surface area contributed by atoms with Gasteiger partial charge in [-0.3, -0.25) is 4.98 Å². The maximum Gasteiger partial charge on any atom is 0.433 e. The molecule has 0 bridgehead atoms. The summed E-state index contributed by atoms with van der Waals surface area (Å²) in [6.45, 7) is 3.75. The number of carbonyl (C=O) groups is 1. The SMILES string of the molecule is CC(C)c1cccc(-c2nc(C(F)(F)F)ccc2CNC(=O)Nc2ccc(CO)nc2)c1. The summed E-state index contributed by atoms with van der Waals surface area (Å²) < 4.78 is 39.8. The number of hydrogen-bond acceptors (Lipinski definition) is 4. The first-order valence-electron chi connectivity index (χ1n) is 9.95. The second-order valence-electron chi connectivity index (χ2n) is 7.49. The Morgan fingerprint density at radius 1 is 1.12 bits per heavy atom. The highest BCUT2D eigenvalue weighted by Crippen LogP contribution is 2.32. The number of nitrogens with one attached hydrogen (secondary N) is 2. The van der Waals surface area contributed by atoms with Crippen molar-refractivity contribution < 1.29 is 23.1 Å². The van der Waals surface area contributed by atoms with E-state index >= 15 is 0 Å². The third-order valence-corrected chi connectivity index (χ3v) is 4.78. The number of hydrogen-bond donors (Lipinski definition) is 3. The number of nitrogens with zero attached hydrogens (tertiary/aromatic N) is 2. The summed E-state index contributed by atoms with van der Waals surface area (Å²) in [5.41, 5.74) is 2.00. The van der Waals surface area contributed by atoms with Crippen LogP contribution >= 0.6 is 0 Å². The molecule has 0 spiro atoms. The topological polar surface area (TPSA) is 87.1 Å². The largest absolute Gasteiger partial charge is 0.433 e. The number of pyridine rings is 2. The van der Waals surface area contributed by atoms with Gasteiger partial charge in [0.15, 0.2) is 0 Å². The smallest absolute Gasteiger partial charge is 0.390 e. The van der Waals surface area contributed by atoms with Gasteiger partial charge in [-0.1, -0.05) is 38.1 Å². The molecule has 3 N–H and O–H groups in total. The summed E-state index contributed by atoms with van der Waals surface area (Å²) in [7, 11) is 0. The summed E-state index contributed by atoms with van der Waals surface area (Å²) in [6, 6.07) is 12.0. The lowest BCUT2D eigenvalue weighted by atomic mass is 9.97. The van der Waals surface area contributed by atoms with Crippen LogP contribution in [0, 0.1) is 0 Å². The van der Waals surface area contributed by atoms with E-state index in [1.54, 1.807) is 24.3 Å². The normalized spacial score (nSPS) is 11.5. The van der Waals surface area contributed by atoms with Crippen molar-refractivity contribution in [2.45, 2.75) is 39.1 Å². The number of aromatic nitrogens is 2. The van der Waals surface area contributed by atoms with Gasteiger partial charge < -0.3 is 15.7 Å². The first-order valence-corrected chi connectivity index (χ1v) is 9.95. The molecule has 2 heterocycles. The zero-order valence-corrected chi connectivity index (χ0v) is 17.6. The number of urea groups is 1. The Morgan fingerprint density at radius 3 is 2.53 bits per heavy atom. The molecule has 0 unspecified atom stereocenters. The average molecular weight is 444 g/mol. The molecule has 0 fully saturated rings. The van der Waals surface area contributed by atoms with Crippen molar-refractivity contribution >= 4 is 11.7 Å². The van der Waals surface area contributed by atoms with E-state index in [0.29, 0.717) is 22.5 Å². The van der Waals surface area contributed by atoms with Crippen LogP contribution in [0.25, 0.3) is 11.3 Å². The predicted octanol–water partition coefficient (Wildman–Crippen LogP) is 5.10. The van der Waals surface area contributed by atoms with Gasteiger partial charge in [0.25, 0.3) is 0 Å². The van der Waals surface area contributed by atoms with Gasteiger partial charge in [0.1, 0.15) is 5.69 Å². The Labute approximate surface area is 183 Å². The number of carbonyl (C=O) groups excluding carboxylic acids is 1. The molecule has 1 aromatic carbocycles. The summed E-state index contributed by atoms with van der Waals surface area (Å²) in [4.78, 5) is 20.1. The molecular weight excluding hydrogens is 421 g/mol. The molecule has 0 atom stereocenters. The number of aliphatic hydroxyl groups is 1. The minimum Gasteiger partial charge on any atom is -0.390 e. The summed E-state index contributed by atoms with van der Waals surface area (Å²) >= 11 is 0. The second-order valence-corrected chi connectivity index (χ2v) is 7.49. The maximum atomic E-state index is 13.3. The summed E-state index contributed by atoms with van der Waals surface area (Å²) in [6.07, 6.45) is -3.19. The van der Waals surface area contributed by atoms with Crippen LogP contribution in [0.2, 0.25) is 0 Å². The fraction of sp³-hybridized carbons (Fsp3) is 0.261. The lowest BCUT2D eigenvalue weighted by molar-refractivity contribution is -0.141. The molecule has 2 amide bonds. The van der Waals surface area contributed by atoms with Crippen LogP contribution < -0.4 is 10.6 Å². The molecule has 3 aromatic rings. The Morgan fingerprint density at radius 2 is 1.91 bits per heavy atom. The number of amides is 2. The van der Waals surface area contributed by atoms with E-state index in [0.717, 1.165) is 11.6 Å². The number of halogens is 3. The fourth-order valence-corrected chi connectivity index (χ4v) is 3.03. The monoisotopic (exact) mass is 444 g/mol. The Kier molecular flexibility index (Phi) is 7.09. The molecule has 0 radical (unpaired) electrons. The molecule has 3 rings (SSSR count). The maximum absolute atomic E-state index is 13.3. The second kappa shape index (κ2) is 9.78. The third-order valence-electron chi connectivity index (χ3n) is 4.78. The molecule has 0 aliphatic rings. The van der Waals surface area contributed by atoms with Crippen molar-refractivity contribution in [3.63, 3.8) is 0 Å². The fourth-order valence-electron chi connectivity index (χ4n) is 3.03. The number of rotatable bonds is 6. The van der Waals surface area contributed by atoms with Crippen LogP contribution in [0.1, 0.15) is 42.3 Å². The molecule has 0 saturated carbocycles. The molecule has 168 valence electrons. The van der Waals surface area contributed by atoms with Gasteiger partial charge in [0.2, 0.25) is 0 Å². The zero-order chi connectivity index (χ0) is 23.3. The minimum absolute atomic E-state index is 0.0274. The summed E-state index contributed by atoms with van der Waals surface area (Å²) in [5, 5.41) is 14.2. The van der Waals surface area contributed by atoms with Crippen molar-refractivity contribution in [1.29, 1.82) is 0 Å². The first kappa shape index (κ1) is 23.2. The van der Waals surface area contributed by atoms with Crippen LogP contribution in [0.5, 0.6) is 0 Å². The lowest BCUT2D eigenvalue weighted by Gasteiger charge is -2.15. The van der Waals surface area contributed by atoms with Gasteiger partial charge in [-0.2, -0.15) is 13.2 Å². The van der Waals surface area contributed by atoms with Crippen LogP contribution in [0.4, 0.5) is 23.7 Å². The Balaban J connectivity index is 1.83. The zero-order valence-electron chi connectivity index (χ0n) is 17.6. The quantitative estimate of drug-likeness (QED) is 0.494. The Hall–Kier alpha value is -3.46. The number of alkyl halides is 3. The van der Waals surface area contributed by atoms with Crippen LogP contribution in [-0.4, -0.2) is 21.1 Å². The van der Waals surface area contributed by atoms with Crippen molar-refractivity contribution in [1.82, 2.24) is 15.3 Å². The van der Waals surface area contributed by atoms with Crippen LogP contribution in [0.3, 0.4) is 0 Å². The number of anilines is 1. The first-order chi connectivity index (χ1) is 15.2. The van der Waals surface area contributed by atoms with Gasteiger partial charge in [0.05, 0.1) is 29.9 Å². The molecule has 32 heavy (non-hydrogen) atoms. The molecule has 2 aromatic heterocycles.